The molecule has 0 unspecified atom stereocenters. The van der Waals surface area contributed by atoms with Crippen molar-refractivity contribution in [1.29, 1.82) is 0 Å². The summed E-state index contributed by atoms with van der Waals surface area (Å²) >= 11 is 0. The second-order valence-electron chi connectivity index (χ2n) is 9.08. The van der Waals surface area contributed by atoms with Crippen molar-refractivity contribution in [2.45, 2.75) is 58.5 Å². The van der Waals surface area contributed by atoms with Crippen molar-refractivity contribution in [3.63, 3.8) is 0 Å². The third-order valence-electron chi connectivity index (χ3n) is 5.44. The van der Waals surface area contributed by atoms with Gasteiger partial charge in [-0.05, 0) is 58.1 Å². The first kappa shape index (κ1) is 21.7. The Kier molecular flexibility index (Phi) is 5.58. The molecule has 0 spiro atoms. The second kappa shape index (κ2) is 7.70. The molecule has 0 atom stereocenters. The molecule has 0 aliphatic heterocycles. The van der Waals surface area contributed by atoms with Crippen molar-refractivity contribution in [1.82, 2.24) is 14.8 Å². The number of ether oxygens (including phenoxy) is 1. The number of rotatable bonds is 5. The van der Waals surface area contributed by atoms with Gasteiger partial charge in [0.15, 0.2) is 0 Å². The molecule has 9 nitrogen and oxygen atoms in total. The fourth-order valence-electron chi connectivity index (χ4n) is 4.26. The standard InChI is InChI=1S/C21H29N5O4/c1-7-25(19(27)30-20(3,4)5)16-8-15(9-17(10-16)26(28)29)21(11-14(2)12-21)18-23-22-13-24(18)6/h8-10,13-14H,7,11-12H2,1-6H3. The largest absolute Gasteiger partial charge is 0.443 e. The lowest BCUT2D eigenvalue weighted by atomic mass is 9.58. The van der Waals surface area contributed by atoms with Crippen LogP contribution >= 0.6 is 0 Å². The van der Waals surface area contributed by atoms with Gasteiger partial charge in [0.05, 0.1) is 16.0 Å². The van der Waals surface area contributed by atoms with Crippen LogP contribution in [-0.2, 0) is 17.2 Å². The number of amides is 1. The Morgan fingerprint density at radius 2 is 2.03 bits per heavy atom. The monoisotopic (exact) mass is 415 g/mol. The summed E-state index contributed by atoms with van der Waals surface area (Å²) in [4.78, 5) is 25.5. The van der Waals surface area contributed by atoms with Crippen molar-refractivity contribution in [2.75, 3.05) is 11.4 Å². The highest BCUT2D eigenvalue weighted by molar-refractivity contribution is 5.88. The highest BCUT2D eigenvalue weighted by atomic mass is 16.6. The number of aromatic nitrogens is 3. The van der Waals surface area contributed by atoms with Crippen LogP contribution in [0.15, 0.2) is 24.5 Å². The molecule has 30 heavy (non-hydrogen) atoms. The number of nitro benzene ring substituents is 1. The predicted molar refractivity (Wildman–Crippen MR) is 113 cm³/mol. The molecule has 9 heteroatoms. The van der Waals surface area contributed by atoms with Gasteiger partial charge < -0.3 is 9.30 Å². The summed E-state index contributed by atoms with van der Waals surface area (Å²) in [5, 5.41) is 20.0. The molecule has 1 aliphatic rings. The molecule has 1 heterocycles. The van der Waals surface area contributed by atoms with E-state index in [1.165, 1.54) is 11.0 Å². The van der Waals surface area contributed by atoms with Gasteiger partial charge in [-0.1, -0.05) is 6.92 Å². The molecule has 1 saturated carbocycles. The molecule has 1 fully saturated rings. The Hall–Kier alpha value is -2.97. The number of non-ortho nitro benzene ring substituents is 1. The van der Waals surface area contributed by atoms with Crippen molar-refractivity contribution in [2.24, 2.45) is 13.0 Å². The van der Waals surface area contributed by atoms with Crippen LogP contribution in [0, 0.1) is 16.0 Å². The van der Waals surface area contributed by atoms with Crippen LogP contribution in [0.25, 0.3) is 0 Å². The average molecular weight is 415 g/mol. The maximum Gasteiger partial charge on any atom is 0.414 e. The number of hydrogen-bond acceptors (Lipinski definition) is 6. The minimum Gasteiger partial charge on any atom is -0.443 e. The maximum atomic E-state index is 12.8. The Balaban J connectivity index is 2.12. The summed E-state index contributed by atoms with van der Waals surface area (Å²) in [6.45, 7) is 9.64. The zero-order valence-electron chi connectivity index (χ0n) is 18.4. The van der Waals surface area contributed by atoms with Gasteiger partial charge in [-0.2, -0.15) is 0 Å². The van der Waals surface area contributed by atoms with Gasteiger partial charge in [-0.15, -0.1) is 10.2 Å². The molecule has 1 aromatic carbocycles. The number of hydrogen-bond donors (Lipinski definition) is 0. The van der Waals surface area contributed by atoms with Crippen LogP contribution in [0.1, 0.15) is 58.8 Å². The second-order valence-corrected chi connectivity index (χ2v) is 9.08. The van der Waals surface area contributed by atoms with E-state index >= 15 is 0 Å². The summed E-state index contributed by atoms with van der Waals surface area (Å²) in [5.41, 5.74) is 0.00126. The minimum absolute atomic E-state index is 0.0643. The van der Waals surface area contributed by atoms with Crippen LogP contribution in [0.4, 0.5) is 16.2 Å². The van der Waals surface area contributed by atoms with Gasteiger partial charge in [-0.25, -0.2) is 4.79 Å². The highest BCUT2D eigenvalue weighted by Crippen LogP contribution is 2.52. The third-order valence-corrected chi connectivity index (χ3v) is 5.44. The van der Waals surface area contributed by atoms with Crippen molar-refractivity contribution < 1.29 is 14.5 Å². The zero-order chi connectivity index (χ0) is 22.3. The van der Waals surface area contributed by atoms with Crippen LogP contribution in [0.2, 0.25) is 0 Å². The zero-order valence-corrected chi connectivity index (χ0v) is 18.4. The van der Waals surface area contributed by atoms with Crippen molar-refractivity contribution in [3.8, 4) is 0 Å². The van der Waals surface area contributed by atoms with Gasteiger partial charge in [-0.3, -0.25) is 15.0 Å². The molecule has 0 radical (unpaired) electrons. The topological polar surface area (TPSA) is 103 Å². The summed E-state index contributed by atoms with van der Waals surface area (Å²) in [6.07, 6.45) is 2.71. The van der Waals surface area contributed by atoms with Crippen LogP contribution < -0.4 is 4.90 Å². The van der Waals surface area contributed by atoms with E-state index in [4.69, 9.17) is 4.74 Å². The predicted octanol–water partition coefficient (Wildman–Crippen LogP) is 4.20. The summed E-state index contributed by atoms with van der Waals surface area (Å²) in [7, 11) is 1.87. The first-order valence-electron chi connectivity index (χ1n) is 10.1. The SMILES string of the molecule is CCN(C(=O)OC(C)(C)C)c1cc([N+](=O)[O-])cc(C2(c3nncn3C)CC(C)C2)c1. The molecule has 0 bridgehead atoms. The minimum atomic E-state index is -0.669. The Labute approximate surface area is 176 Å². The van der Waals surface area contributed by atoms with Gasteiger partial charge in [0, 0.05) is 25.7 Å². The molecule has 0 N–H and O–H groups in total. The van der Waals surface area contributed by atoms with E-state index in [9.17, 15) is 14.9 Å². The lowest BCUT2D eigenvalue weighted by molar-refractivity contribution is -0.384. The maximum absolute atomic E-state index is 12.8. The average Bonchev–Trinajstić information content (AvgIpc) is 3.03. The smallest absolute Gasteiger partial charge is 0.414 e. The quantitative estimate of drug-likeness (QED) is 0.535. The van der Waals surface area contributed by atoms with E-state index < -0.39 is 22.0 Å². The summed E-state index contributed by atoms with van der Waals surface area (Å²) in [6, 6.07) is 4.86. The molecule has 1 amide bonds. The lowest BCUT2D eigenvalue weighted by Crippen LogP contribution is -2.43. The van der Waals surface area contributed by atoms with E-state index in [-0.39, 0.29) is 5.69 Å². The molecule has 2 aromatic rings. The molecular formula is C21H29N5O4. The molecular weight excluding hydrogens is 386 g/mol. The lowest BCUT2D eigenvalue weighted by Gasteiger charge is -2.46. The number of aryl methyl sites for hydroxylation is 1. The first-order chi connectivity index (χ1) is 14.0. The van der Waals surface area contributed by atoms with Crippen LogP contribution in [0.3, 0.4) is 0 Å². The number of nitrogens with zero attached hydrogens (tertiary/aromatic N) is 5. The Morgan fingerprint density at radius 3 is 2.50 bits per heavy atom. The van der Waals surface area contributed by atoms with E-state index in [0.717, 1.165) is 24.2 Å². The fraction of sp³-hybridized carbons (Fsp3) is 0.571. The van der Waals surface area contributed by atoms with Crippen LogP contribution in [-0.4, -0.2) is 37.9 Å². The molecule has 3 rings (SSSR count). The van der Waals surface area contributed by atoms with Crippen molar-refractivity contribution >= 4 is 17.5 Å². The Morgan fingerprint density at radius 1 is 1.37 bits per heavy atom. The summed E-state index contributed by atoms with van der Waals surface area (Å²) < 4.78 is 7.37. The van der Waals surface area contributed by atoms with Gasteiger partial charge >= 0.3 is 6.09 Å². The highest BCUT2D eigenvalue weighted by Gasteiger charge is 2.49. The molecule has 1 aromatic heterocycles. The van der Waals surface area contributed by atoms with Crippen molar-refractivity contribution in [3.05, 3.63) is 46.0 Å². The third kappa shape index (κ3) is 4.01. The number of carbonyl (C=O) groups excluding carboxylic acids is 1. The molecule has 1 aliphatic carbocycles. The number of anilines is 1. The van der Waals surface area contributed by atoms with Gasteiger partial charge in [0.2, 0.25) is 0 Å². The van der Waals surface area contributed by atoms with Gasteiger partial charge in [0.1, 0.15) is 17.8 Å². The van der Waals surface area contributed by atoms with Crippen LogP contribution in [0.5, 0.6) is 0 Å². The number of carbonyl (C=O) groups is 1. The molecule has 162 valence electrons. The number of benzene rings is 1. The van der Waals surface area contributed by atoms with Gasteiger partial charge in [0.25, 0.3) is 5.69 Å². The van der Waals surface area contributed by atoms with E-state index in [1.807, 2.05) is 24.6 Å². The van der Waals surface area contributed by atoms with E-state index in [0.29, 0.717) is 18.2 Å². The number of nitro groups is 1. The fourth-order valence-corrected chi connectivity index (χ4v) is 4.26. The normalized spacial score (nSPS) is 21.1. The van der Waals surface area contributed by atoms with E-state index in [1.54, 1.807) is 33.2 Å². The molecule has 0 saturated heterocycles. The van der Waals surface area contributed by atoms with E-state index in [2.05, 4.69) is 17.1 Å². The summed E-state index contributed by atoms with van der Waals surface area (Å²) in [5.74, 6) is 1.23. The first-order valence-corrected chi connectivity index (χ1v) is 10.1. The Bertz CT molecular complexity index is 957.